The number of amides is 4. The van der Waals surface area contributed by atoms with Crippen LogP contribution < -0.4 is 22.7 Å². The molecule has 4 amide bonds. The van der Waals surface area contributed by atoms with E-state index in [2.05, 4.69) is 20.2 Å². The zero-order valence-electron chi connectivity index (χ0n) is 30.8. The van der Waals surface area contributed by atoms with Crippen molar-refractivity contribution >= 4 is 45.7 Å². The van der Waals surface area contributed by atoms with Crippen molar-refractivity contribution in [1.29, 1.82) is 0 Å². The molecule has 6 rings (SSSR count). The Morgan fingerprint density at radius 2 is 1.00 bits per heavy atom. The van der Waals surface area contributed by atoms with Crippen LogP contribution >= 0.6 is 0 Å². The van der Waals surface area contributed by atoms with Crippen molar-refractivity contribution in [2.75, 3.05) is 0 Å². The fraction of sp³-hybridized carbons (Fsp3) is 0.351. The van der Waals surface area contributed by atoms with Crippen molar-refractivity contribution < 1.29 is 19.2 Å². The van der Waals surface area contributed by atoms with Gasteiger partial charge in [0.05, 0.1) is 33.5 Å². The molecule has 4 aromatic heterocycles. The van der Waals surface area contributed by atoms with Crippen LogP contribution in [0.5, 0.6) is 0 Å². The van der Waals surface area contributed by atoms with Crippen molar-refractivity contribution in [2.24, 2.45) is 35.5 Å². The van der Waals surface area contributed by atoms with Gasteiger partial charge in [-0.25, -0.2) is 0 Å². The molecule has 0 aliphatic carbocycles. The second-order valence-electron chi connectivity index (χ2n) is 13.0. The third kappa shape index (κ3) is 6.99. The average Bonchev–Trinajstić information content (AvgIpc) is 3.86. The molecule has 4 heterocycles. The van der Waals surface area contributed by atoms with Gasteiger partial charge in [-0.05, 0) is 95.5 Å². The number of carbonyl (C=O) groups is 4. The number of nitrogens with two attached hydrogens (primary N) is 2. The monoisotopic (exact) mass is 720 g/mol. The second kappa shape index (κ2) is 14.7. The minimum atomic E-state index is -0.549. The van der Waals surface area contributed by atoms with Gasteiger partial charge in [-0.2, -0.15) is 20.2 Å². The summed E-state index contributed by atoms with van der Waals surface area (Å²) >= 11 is 0. The number of benzene rings is 2. The molecule has 53 heavy (non-hydrogen) atoms. The molecular formula is C37H44N12O4. The first-order valence-electron chi connectivity index (χ1n) is 17.6. The van der Waals surface area contributed by atoms with E-state index in [0.717, 1.165) is 41.7 Å². The van der Waals surface area contributed by atoms with E-state index in [1.54, 1.807) is 69.0 Å². The fourth-order valence-corrected chi connectivity index (χ4v) is 6.78. The van der Waals surface area contributed by atoms with Gasteiger partial charge >= 0.3 is 0 Å². The van der Waals surface area contributed by atoms with Crippen LogP contribution in [0.4, 0.5) is 0 Å². The summed E-state index contributed by atoms with van der Waals surface area (Å²) < 4.78 is 10.8. The maximum atomic E-state index is 13.5. The quantitative estimate of drug-likeness (QED) is 0.182. The Labute approximate surface area is 304 Å². The predicted molar refractivity (Wildman–Crippen MR) is 198 cm³/mol. The van der Waals surface area contributed by atoms with Crippen LogP contribution in [-0.4, -0.2) is 61.5 Å². The summed E-state index contributed by atoms with van der Waals surface area (Å²) in [5.74, 6) is -1.94. The first kappa shape index (κ1) is 36.5. The zero-order chi connectivity index (χ0) is 38.1. The lowest BCUT2D eigenvalue weighted by Gasteiger charge is -2.08. The number of nitrogens with zero attached hydrogens (tertiary/aromatic N) is 10. The predicted octanol–water partition coefficient (Wildman–Crippen LogP) is 2.87. The molecule has 0 unspecified atom stereocenters. The van der Waals surface area contributed by atoms with E-state index in [1.165, 1.54) is 0 Å². The molecule has 0 fully saturated rings. The number of primary amides is 2. The largest absolute Gasteiger partial charge is 0.366 e. The van der Waals surface area contributed by atoms with Crippen LogP contribution in [0.3, 0.4) is 0 Å². The third-order valence-electron chi connectivity index (χ3n) is 9.42. The van der Waals surface area contributed by atoms with Gasteiger partial charge in [0.1, 0.15) is 11.4 Å². The summed E-state index contributed by atoms with van der Waals surface area (Å²) in [5.41, 5.74) is 18.0. The van der Waals surface area contributed by atoms with E-state index in [9.17, 15) is 19.2 Å². The summed E-state index contributed by atoms with van der Waals surface area (Å²) in [6, 6.07) is 13.8. The lowest BCUT2D eigenvalue weighted by molar-refractivity contribution is 0.0977. The average molecular weight is 721 g/mol. The second-order valence-corrected chi connectivity index (χ2v) is 13.0. The molecule has 0 atom stereocenters. The molecule has 0 bridgehead atoms. The van der Waals surface area contributed by atoms with Gasteiger partial charge in [0.25, 0.3) is 11.8 Å². The van der Waals surface area contributed by atoms with E-state index in [4.69, 9.17) is 11.5 Å². The summed E-state index contributed by atoms with van der Waals surface area (Å²) in [6.07, 6.45) is 2.22. The number of carbonyl (C=O) groups excluding carboxylic acids is 4. The molecule has 276 valence electrons. The molecule has 0 aliphatic heterocycles. The number of unbranched alkanes of at least 4 members (excludes halogenated alkanes) is 2. The van der Waals surface area contributed by atoms with Crippen molar-refractivity contribution in [2.45, 2.75) is 73.1 Å². The highest BCUT2D eigenvalue weighted by Gasteiger charge is 2.19. The van der Waals surface area contributed by atoms with Crippen LogP contribution in [0.1, 0.15) is 86.2 Å². The molecule has 0 saturated carbocycles. The molecule has 0 spiro atoms. The van der Waals surface area contributed by atoms with E-state index in [1.807, 2.05) is 49.0 Å². The van der Waals surface area contributed by atoms with Crippen molar-refractivity contribution in [3.8, 4) is 0 Å². The highest BCUT2D eigenvalue weighted by atomic mass is 16.2. The summed E-state index contributed by atoms with van der Waals surface area (Å²) in [5, 5.41) is 8.80. The Balaban J connectivity index is 1.31. The molecule has 16 nitrogen and oxygen atoms in total. The Bertz CT molecular complexity index is 2390. The van der Waals surface area contributed by atoms with Crippen LogP contribution in [0.15, 0.2) is 58.5 Å². The van der Waals surface area contributed by atoms with Gasteiger partial charge in [-0.1, -0.05) is 0 Å². The maximum absolute atomic E-state index is 13.5. The minimum absolute atomic E-state index is 0.354. The van der Waals surface area contributed by atoms with Crippen molar-refractivity contribution in [1.82, 2.24) is 37.8 Å². The Morgan fingerprint density at radius 3 is 1.36 bits per heavy atom. The van der Waals surface area contributed by atoms with Crippen LogP contribution in [0.2, 0.25) is 0 Å². The molecule has 16 heteroatoms. The van der Waals surface area contributed by atoms with E-state index in [-0.39, 0.29) is 0 Å². The van der Waals surface area contributed by atoms with Crippen molar-refractivity contribution in [3.63, 3.8) is 0 Å². The molecule has 4 N–H and O–H groups in total. The normalized spacial score (nSPS) is 12.4. The Morgan fingerprint density at radius 1 is 0.604 bits per heavy atom. The van der Waals surface area contributed by atoms with E-state index in [0.29, 0.717) is 71.0 Å². The lowest BCUT2D eigenvalue weighted by atomic mass is 10.2. The Hall–Kier alpha value is -6.32. The fourth-order valence-electron chi connectivity index (χ4n) is 6.78. The number of fused-ring (bicyclic) bond motifs is 2. The molecule has 6 aromatic rings. The number of aromatic nitrogens is 8. The topological polar surface area (TPSA) is 200 Å². The molecule has 0 saturated heterocycles. The Kier molecular flexibility index (Phi) is 10.1. The molecule has 0 radical (unpaired) electrons. The molecular weight excluding hydrogens is 676 g/mol. The van der Waals surface area contributed by atoms with Gasteiger partial charge in [0.2, 0.25) is 23.1 Å². The lowest BCUT2D eigenvalue weighted by Crippen LogP contribution is -2.27. The highest BCUT2D eigenvalue weighted by Crippen LogP contribution is 2.19. The van der Waals surface area contributed by atoms with Gasteiger partial charge < -0.3 is 29.7 Å². The third-order valence-corrected chi connectivity index (χ3v) is 9.42. The van der Waals surface area contributed by atoms with Crippen molar-refractivity contribution in [3.05, 3.63) is 93.7 Å². The SMILES string of the molecule is CCn1nc(C)cc1C(=O)N=c1n(C)c2cc(C(N)=O)ccc2n1CCCCCn1c(=NC(=O)c2cc(C)nn2CC)n(C)c2cc(C(N)=O)ccc21. The van der Waals surface area contributed by atoms with Gasteiger partial charge in [0.15, 0.2) is 0 Å². The van der Waals surface area contributed by atoms with Crippen LogP contribution in [0.25, 0.3) is 22.1 Å². The maximum Gasteiger partial charge on any atom is 0.298 e. The summed E-state index contributed by atoms with van der Waals surface area (Å²) in [6.45, 7) is 9.60. The number of imidazole rings is 2. The molecule has 0 aliphatic rings. The number of rotatable bonds is 12. The minimum Gasteiger partial charge on any atom is -0.366 e. The summed E-state index contributed by atoms with van der Waals surface area (Å²) in [4.78, 5) is 60.2. The van der Waals surface area contributed by atoms with Crippen LogP contribution in [0, 0.1) is 13.8 Å². The van der Waals surface area contributed by atoms with Gasteiger partial charge in [-0.3, -0.25) is 28.5 Å². The standard InChI is InChI=1S/C37H44N12O4/c1-7-48-30(18-22(3)42-48)34(52)40-36-44(5)28-20-24(32(38)50)12-14-26(28)46(36)16-10-9-11-17-47-27-15-13-25(33(39)51)21-29(27)45(6)37(47)41-35(53)31-19-23(4)43-49(31)8-2/h12-15,18-21H,7-11,16-17H2,1-6H3,(H2,38,50)(H2,39,51). The first-order valence-corrected chi connectivity index (χ1v) is 17.6. The first-order chi connectivity index (χ1) is 25.3. The zero-order valence-corrected chi connectivity index (χ0v) is 30.8. The van der Waals surface area contributed by atoms with Gasteiger partial charge in [-0.15, -0.1) is 0 Å². The van der Waals surface area contributed by atoms with E-state index < -0.39 is 23.6 Å². The number of aryl methyl sites for hydroxylation is 8. The molecule has 2 aromatic carbocycles. The van der Waals surface area contributed by atoms with Gasteiger partial charge in [0, 0.05) is 51.4 Å². The summed E-state index contributed by atoms with van der Waals surface area (Å²) in [7, 11) is 3.61. The smallest absolute Gasteiger partial charge is 0.298 e. The number of hydrogen-bond acceptors (Lipinski definition) is 6. The van der Waals surface area contributed by atoms with Crippen LogP contribution in [-0.2, 0) is 40.3 Å². The highest BCUT2D eigenvalue weighted by molar-refractivity contribution is 5.98. The number of hydrogen-bond donors (Lipinski definition) is 2. The van der Waals surface area contributed by atoms with E-state index >= 15 is 0 Å².